The summed E-state index contributed by atoms with van der Waals surface area (Å²) in [6.45, 7) is 6.27. The van der Waals surface area contributed by atoms with E-state index >= 15 is 0 Å². The van der Waals surface area contributed by atoms with E-state index in [0.29, 0.717) is 5.02 Å². The van der Waals surface area contributed by atoms with Crippen LogP contribution in [0, 0.1) is 0 Å². The highest BCUT2D eigenvalue weighted by Crippen LogP contribution is 2.26. The van der Waals surface area contributed by atoms with Crippen LogP contribution in [0.25, 0.3) is 0 Å². The maximum atomic E-state index is 12.1. The molecule has 2 rings (SSSR count). The number of hydrogen-bond acceptors (Lipinski definition) is 3. The third-order valence-corrected chi connectivity index (χ3v) is 4.54. The maximum Gasteiger partial charge on any atom is 0.339 e. The summed E-state index contributed by atoms with van der Waals surface area (Å²) in [5.41, 5.74) is 1.12. The van der Waals surface area contributed by atoms with Gasteiger partial charge in [-0.15, -0.1) is 0 Å². The first-order valence-electron chi connectivity index (χ1n) is 6.49. The molecule has 0 amide bonds. The van der Waals surface area contributed by atoms with Crippen LogP contribution in [0.5, 0.6) is 5.75 Å². The van der Waals surface area contributed by atoms with Crippen molar-refractivity contribution < 1.29 is 12.6 Å². The molecule has 0 aromatic heterocycles. The summed E-state index contributed by atoms with van der Waals surface area (Å²) in [5, 5.41) is 0.475. The van der Waals surface area contributed by atoms with Crippen LogP contribution in [0.15, 0.2) is 53.4 Å². The molecule has 0 saturated carbocycles. The van der Waals surface area contributed by atoms with Crippen LogP contribution in [-0.2, 0) is 15.5 Å². The zero-order valence-corrected chi connectivity index (χ0v) is 13.7. The molecule has 2 aromatic rings. The fourth-order valence-electron chi connectivity index (χ4n) is 1.79. The second kappa shape index (κ2) is 5.70. The van der Waals surface area contributed by atoms with Gasteiger partial charge in [0.15, 0.2) is 0 Å². The van der Waals surface area contributed by atoms with Crippen molar-refractivity contribution in [2.45, 2.75) is 31.1 Å². The largest absolute Gasteiger partial charge is 0.379 e. The van der Waals surface area contributed by atoms with Crippen molar-refractivity contribution in [2.75, 3.05) is 0 Å². The van der Waals surface area contributed by atoms with E-state index in [9.17, 15) is 8.42 Å². The normalized spacial score (nSPS) is 12.2. The minimum atomic E-state index is -3.84. The van der Waals surface area contributed by atoms with Gasteiger partial charge in [-0.3, -0.25) is 0 Å². The van der Waals surface area contributed by atoms with Crippen LogP contribution in [-0.4, -0.2) is 8.42 Å². The molecule has 5 heteroatoms. The third-order valence-electron chi connectivity index (χ3n) is 3.03. The average molecular weight is 325 g/mol. The molecule has 0 radical (unpaired) electrons. The van der Waals surface area contributed by atoms with Gasteiger partial charge in [0.1, 0.15) is 10.6 Å². The monoisotopic (exact) mass is 324 g/mol. The van der Waals surface area contributed by atoms with Crippen LogP contribution >= 0.6 is 11.6 Å². The molecule has 0 N–H and O–H groups in total. The smallest absolute Gasteiger partial charge is 0.339 e. The molecule has 0 heterocycles. The number of halogens is 1. The van der Waals surface area contributed by atoms with E-state index in [0.717, 1.165) is 5.56 Å². The number of rotatable bonds is 3. The standard InChI is InChI=1S/C16H17ClO3S/c1-16(2,3)12-4-8-14(9-5-12)20-21(18,19)15-10-6-13(17)7-11-15/h4-11H,1-3H3. The first-order chi connectivity index (χ1) is 9.68. The van der Waals surface area contributed by atoms with Gasteiger partial charge in [-0.1, -0.05) is 44.5 Å². The van der Waals surface area contributed by atoms with Crippen LogP contribution in [0.4, 0.5) is 0 Å². The van der Waals surface area contributed by atoms with Gasteiger partial charge < -0.3 is 4.18 Å². The quantitative estimate of drug-likeness (QED) is 0.786. The minimum Gasteiger partial charge on any atom is -0.379 e. The van der Waals surface area contributed by atoms with Gasteiger partial charge in [0.2, 0.25) is 0 Å². The highest BCUT2D eigenvalue weighted by molar-refractivity contribution is 7.87. The predicted molar refractivity (Wildman–Crippen MR) is 84.4 cm³/mol. The summed E-state index contributed by atoms with van der Waals surface area (Å²) >= 11 is 5.75. The van der Waals surface area contributed by atoms with Gasteiger partial charge >= 0.3 is 10.1 Å². The van der Waals surface area contributed by atoms with E-state index in [2.05, 4.69) is 20.8 Å². The number of benzene rings is 2. The zero-order valence-electron chi connectivity index (χ0n) is 12.1. The molecule has 21 heavy (non-hydrogen) atoms. The van der Waals surface area contributed by atoms with E-state index in [-0.39, 0.29) is 16.1 Å². The lowest BCUT2D eigenvalue weighted by Gasteiger charge is -2.19. The molecule has 0 aliphatic carbocycles. The lowest BCUT2D eigenvalue weighted by molar-refractivity contribution is 0.485. The Hall–Kier alpha value is -1.52. The fraction of sp³-hybridized carbons (Fsp3) is 0.250. The second-order valence-electron chi connectivity index (χ2n) is 5.77. The summed E-state index contributed by atoms with van der Waals surface area (Å²) in [7, 11) is -3.84. The van der Waals surface area contributed by atoms with Gasteiger partial charge in [0.25, 0.3) is 0 Å². The molecule has 112 valence electrons. The van der Waals surface area contributed by atoms with Gasteiger partial charge in [-0.25, -0.2) is 0 Å². The molecular weight excluding hydrogens is 308 g/mol. The molecule has 0 atom stereocenters. The zero-order chi connectivity index (χ0) is 15.7. The van der Waals surface area contributed by atoms with Crippen LogP contribution < -0.4 is 4.18 Å². The molecule has 3 nitrogen and oxygen atoms in total. The van der Waals surface area contributed by atoms with Crippen LogP contribution in [0.3, 0.4) is 0 Å². The van der Waals surface area contributed by atoms with Crippen LogP contribution in [0.2, 0.25) is 5.02 Å². The molecule has 0 bridgehead atoms. The van der Waals surface area contributed by atoms with Crippen molar-refractivity contribution >= 4 is 21.7 Å². The third kappa shape index (κ3) is 3.99. The van der Waals surface area contributed by atoms with E-state index in [1.807, 2.05) is 12.1 Å². The Morgan fingerprint density at radius 1 is 0.905 bits per heavy atom. The molecule has 2 aromatic carbocycles. The molecule has 0 fully saturated rings. The summed E-state index contributed by atoms with van der Waals surface area (Å²) in [6, 6.07) is 12.9. The fourth-order valence-corrected chi connectivity index (χ4v) is 2.84. The lowest BCUT2D eigenvalue weighted by Crippen LogP contribution is -2.12. The first kappa shape index (κ1) is 15.9. The van der Waals surface area contributed by atoms with E-state index in [4.69, 9.17) is 15.8 Å². The highest BCUT2D eigenvalue weighted by atomic mass is 35.5. The Labute approximate surface area is 130 Å². The van der Waals surface area contributed by atoms with Crippen LogP contribution in [0.1, 0.15) is 26.3 Å². The van der Waals surface area contributed by atoms with Crippen molar-refractivity contribution in [3.8, 4) is 5.75 Å². The van der Waals surface area contributed by atoms with E-state index in [1.165, 1.54) is 24.3 Å². The van der Waals surface area contributed by atoms with E-state index < -0.39 is 10.1 Å². The Kier molecular flexibility index (Phi) is 4.30. The lowest BCUT2D eigenvalue weighted by atomic mass is 9.87. The van der Waals surface area contributed by atoms with Crippen molar-refractivity contribution in [3.05, 3.63) is 59.1 Å². The highest BCUT2D eigenvalue weighted by Gasteiger charge is 2.18. The predicted octanol–water partition coefficient (Wildman–Crippen LogP) is 4.41. The Morgan fingerprint density at radius 2 is 1.43 bits per heavy atom. The molecular formula is C16H17ClO3S. The van der Waals surface area contributed by atoms with Gasteiger partial charge in [0, 0.05) is 5.02 Å². The van der Waals surface area contributed by atoms with Crippen molar-refractivity contribution in [3.63, 3.8) is 0 Å². The molecule has 0 saturated heterocycles. The molecule has 0 unspecified atom stereocenters. The van der Waals surface area contributed by atoms with Gasteiger partial charge in [-0.2, -0.15) is 8.42 Å². The summed E-state index contributed by atoms with van der Waals surface area (Å²) in [5.74, 6) is 0.290. The molecule has 0 spiro atoms. The van der Waals surface area contributed by atoms with Crippen molar-refractivity contribution in [1.82, 2.24) is 0 Å². The second-order valence-corrected chi connectivity index (χ2v) is 7.75. The van der Waals surface area contributed by atoms with Crippen molar-refractivity contribution in [2.24, 2.45) is 0 Å². The minimum absolute atomic E-state index is 0.00752. The summed E-state index contributed by atoms with van der Waals surface area (Å²) in [6.07, 6.45) is 0. The molecule has 0 aliphatic heterocycles. The average Bonchev–Trinajstić information content (AvgIpc) is 2.38. The molecule has 0 aliphatic rings. The summed E-state index contributed by atoms with van der Waals surface area (Å²) in [4.78, 5) is 0.0757. The Bertz CT molecular complexity index is 712. The first-order valence-corrected chi connectivity index (χ1v) is 8.28. The van der Waals surface area contributed by atoms with E-state index in [1.54, 1.807) is 12.1 Å². The van der Waals surface area contributed by atoms with Crippen molar-refractivity contribution in [1.29, 1.82) is 0 Å². The SMILES string of the molecule is CC(C)(C)c1ccc(OS(=O)(=O)c2ccc(Cl)cc2)cc1. The maximum absolute atomic E-state index is 12.1. The van der Waals surface area contributed by atoms with Gasteiger partial charge in [0.05, 0.1) is 0 Å². The Morgan fingerprint density at radius 3 is 1.90 bits per heavy atom. The topological polar surface area (TPSA) is 43.4 Å². The number of hydrogen-bond donors (Lipinski definition) is 0. The summed E-state index contributed by atoms with van der Waals surface area (Å²) < 4.78 is 29.4. The van der Waals surface area contributed by atoms with Gasteiger partial charge in [-0.05, 0) is 47.4 Å². The Balaban J connectivity index is 2.23.